The first-order valence-electron chi connectivity index (χ1n) is 6.95. The van der Waals surface area contributed by atoms with Crippen LogP contribution in [0.25, 0.3) is 11.0 Å². The highest BCUT2D eigenvalue weighted by molar-refractivity contribution is 7.71. The average molecular weight is 274 g/mol. The van der Waals surface area contributed by atoms with Crippen LogP contribution in [0.4, 0.5) is 0 Å². The van der Waals surface area contributed by atoms with E-state index in [9.17, 15) is 0 Å². The maximum Gasteiger partial charge on any atom is 0.178 e. The van der Waals surface area contributed by atoms with E-state index in [-0.39, 0.29) is 0 Å². The van der Waals surface area contributed by atoms with Crippen molar-refractivity contribution >= 4 is 23.3 Å². The van der Waals surface area contributed by atoms with Crippen LogP contribution in [-0.4, -0.2) is 9.55 Å². The SMILES string of the molecule is Cc1cccc2c1[nH]c(=S)n2CC1C(C)(C)C1(C)C. The topological polar surface area (TPSA) is 20.7 Å². The van der Waals surface area contributed by atoms with Crippen molar-refractivity contribution < 1.29 is 0 Å². The van der Waals surface area contributed by atoms with Gasteiger partial charge >= 0.3 is 0 Å². The van der Waals surface area contributed by atoms with Crippen LogP contribution in [0.15, 0.2) is 18.2 Å². The second-order valence-electron chi connectivity index (χ2n) is 7.01. The Morgan fingerprint density at radius 1 is 1.21 bits per heavy atom. The minimum atomic E-state index is 0.398. The molecule has 0 radical (unpaired) electrons. The van der Waals surface area contributed by atoms with E-state index in [1.807, 2.05) is 0 Å². The Kier molecular flexibility index (Phi) is 2.53. The lowest BCUT2D eigenvalue weighted by Gasteiger charge is -2.06. The molecule has 1 N–H and O–H groups in total. The normalized spacial score (nSPS) is 20.9. The summed E-state index contributed by atoms with van der Waals surface area (Å²) in [6, 6.07) is 6.40. The molecule has 1 fully saturated rings. The van der Waals surface area contributed by atoms with Crippen molar-refractivity contribution in [1.29, 1.82) is 0 Å². The van der Waals surface area contributed by atoms with Gasteiger partial charge in [0.15, 0.2) is 4.77 Å². The molecule has 2 aromatic rings. The minimum Gasteiger partial charge on any atom is -0.330 e. The van der Waals surface area contributed by atoms with Gasteiger partial charge in [-0.3, -0.25) is 0 Å². The van der Waals surface area contributed by atoms with Gasteiger partial charge in [-0.25, -0.2) is 0 Å². The molecule has 0 bridgehead atoms. The van der Waals surface area contributed by atoms with Gasteiger partial charge in [0.2, 0.25) is 0 Å². The van der Waals surface area contributed by atoms with Crippen LogP contribution in [0.5, 0.6) is 0 Å². The van der Waals surface area contributed by atoms with Gasteiger partial charge in [-0.1, -0.05) is 39.8 Å². The molecule has 0 amide bonds. The molecule has 3 heteroatoms. The van der Waals surface area contributed by atoms with Crippen LogP contribution in [-0.2, 0) is 6.54 Å². The van der Waals surface area contributed by atoms with E-state index >= 15 is 0 Å². The lowest BCUT2D eigenvalue weighted by atomic mass is 10.0. The number of para-hydroxylation sites is 1. The van der Waals surface area contributed by atoms with Crippen LogP contribution in [0.1, 0.15) is 33.3 Å². The summed E-state index contributed by atoms with van der Waals surface area (Å²) in [5, 5.41) is 0. The molecule has 19 heavy (non-hydrogen) atoms. The van der Waals surface area contributed by atoms with Gasteiger partial charge in [-0.15, -0.1) is 0 Å². The minimum absolute atomic E-state index is 0.398. The molecule has 3 rings (SSSR count). The van der Waals surface area contributed by atoms with Crippen LogP contribution in [0.3, 0.4) is 0 Å². The van der Waals surface area contributed by atoms with Crippen LogP contribution in [0.2, 0.25) is 0 Å². The molecule has 102 valence electrons. The molecule has 2 nitrogen and oxygen atoms in total. The maximum atomic E-state index is 5.52. The third kappa shape index (κ3) is 1.64. The van der Waals surface area contributed by atoms with Crippen LogP contribution in [0, 0.1) is 28.4 Å². The quantitative estimate of drug-likeness (QED) is 0.788. The molecule has 0 saturated heterocycles. The fourth-order valence-corrected chi connectivity index (χ4v) is 3.75. The van der Waals surface area contributed by atoms with Crippen molar-refractivity contribution in [2.75, 3.05) is 0 Å². The molecule has 1 saturated carbocycles. The zero-order valence-electron chi connectivity index (χ0n) is 12.4. The number of hydrogen-bond acceptors (Lipinski definition) is 1. The van der Waals surface area contributed by atoms with E-state index in [1.54, 1.807) is 0 Å². The van der Waals surface area contributed by atoms with E-state index in [0.717, 1.165) is 11.3 Å². The van der Waals surface area contributed by atoms with E-state index in [0.29, 0.717) is 16.7 Å². The number of H-pyrrole nitrogens is 1. The summed E-state index contributed by atoms with van der Waals surface area (Å²) in [5.41, 5.74) is 4.48. The summed E-state index contributed by atoms with van der Waals surface area (Å²) in [4.78, 5) is 3.36. The summed E-state index contributed by atoms with van der Waals surface area (Å²) in [6.45, 7) is 12.6. The summed E-state index contributed by atoms with van der Waals surface area (Å²) >= 11 is 5.52. The predicted molar refractivity (Wildman–Crippen MR) is 82.9 cm³/mol. The molecular formula is C16H22N2S. The highest BCUT2D eigenvalue weighted by Crippen LogP contribution is 2.68. The predicted octanol–water partition coefficient (Wildman–Crippen LogP) is 4.69. The molecule has 0 unspecified atom stereocenters. The van der Waals surface area contributed by atoms with Crippen molar-refractivity contribution in [3.05, 3.63) is 28.5 Å². The fourth-order valence-electron chi connectivity index (χ4n) is 3.48. The summed E-state index contributed by atoms with van der Waals surface area (Å²) in [6.07, 6.45) is 0. The van der Waals surface area contributed by atoms with Gasteiger partial charge in [0.05, 0.1) is 11.0 Å². The third-order valence-electron chi connectivity index (χ3n) is 5.70. The molecule has 1 aromatic heterocycles. The van der Waals surface area contributed by atoms with E-state index in [1.165, 1.54) is 16.6 Å². The van der Waals surface area contributed by atoms with Crippen molar-refractivity contribution in [1.82, 2.24) is 9.55 Å². The Morgan fingerprint density at radius 3 is 2.42 bits per heavy atom. The van der Waals surface area contributed by atoms with Gasteiger partial charge in [0.25, 0.3) is 0 Å². The van der Waals surface area contributed by atoms with Crippen molar-refractivity contribution in [2.24, 2.45) is 16.7 Å². The lowest BCUT2D eigenvalue weighted by Crippen LogP contribution is -2.04. The standard InChI is InChI=1S/C16H22N2S/c1-10-7-6-8-11-13(10)17-14(19)18(11)9-12-15(2,3)16(12,4)5/h6-8,12H,9H2,1-5H3,(H,17,19). The molecule has 1 aliphatic rings. The van der Waals surface area contributed by atoms with E-state index in [2.05, 4.69) is 62.4 Å². The number of nitrogens with zero attached hydrogens (tertiary/aromatic N) is 1. The lowest BCUT2D eigenvalue weighted by molar-refractivity contribution is 0.457. The average Bonchev–Trinajstić information content (AvgIpc) is 2.59. The third-order valence-corrected chi connectivity index (χ3v) is 6.03. The maximum absolute atomic E-state index is 5.52. The van der Waals surface area contributed by atoms with Gasteiger partial charge < -0.3 is 9.55 Å². The van der Waals surface area contributed by atoms with Crippen molar-refractivity contribution in [3.63, 3.8) is 0 Å². The second-order valence-corrected chi connectivity index (χ2v) is 7.39. The number of aromatic amines is 1. The largest absolute Gasteiger partial charge is 0.330 e. The monoisotopic (exact) mass is 274 g/mol. The van der Waals surface area contributed by atoms with E-state index in [4.69, 9.17) is 12.2 Å². The van der Waals surface area contributed by atoms with Crippen molar-refractivity contribution in [3.8, 4) is 0 Å². The highest BCUT2D eigenvalue weighted by atomic mass is 32.1. The molecular weight excluding hydrogens is 252 g/mol. The highest BCUT2D eigenvalue weighted by Gasteiger charge is 2.64. The van der Waals surface area contributed by atoms with Gasteiger partial charge in [-0.2, -0.15) is 0 Å². The first-order chi connectivity index (χ1) is 8.76. The summed E-state index contributed by atoms with van der Waals surface area (Å²) < 4.78 is 3.13. The van der Waals surface area contributed by atoms with Gasteiger partial charge in [0.1, 0.15) is 0 Å². The molecule has 1 aliphatic carbocycles. The summed E-state index contributed by atoms with van der Waals surface area (Å²) in [7, 11) is 0. The molecule has 0 spiro atoms. The molecule has 1 heterocycles. The number of imidazole rings is 1. The summed E-state index contributed by atoms with van der Waals surface area (Å²) in [5.74, 6) is 0.686. The van der Waals surface area contributed by atoms with E-state index < -0.39 is 0 Å². The number of rotatable bonds is 2. The van der Waals surface area contributed by atoms with Gasteiger partial charge in [-0.05, 0) is 47.5 Å². The Hall–Kier alpha value is -1.09. The number of aryl methyl sites for hydroxylation is 1. The first-order valence-corrected chi connectivity index (χ1v) is 7.36. The molecule has 1 aromatic carbocycles. The number of nitrogens with one attached hydrogen (secondary N) is 1. The second kappa shape index (κ2) is 3.72. The number of benzene rings is 1. The fraction of sp³-hybridized carbons (Fsp3) is 0.562. The number of hydrogen-bond donors (Lipinski definition) is 1. The smallest absolute Gasteiger partial charge is 0.178 e. The Labute approximate surface area is 119 Å². The molecule has 0 atom stereocenters. The Balaban J connectivity index is 2.06. The number of aromatic nitrogens is 2. The Morgan fingerprint density at radius 2 is 1.84 bits per heavy atom. The van der Waals surface area contributed by atoms with Crippen LogP contribution < -0.4 is 0 Å². The molecule has 0 aliphatic heterocycles. The zero-order chi connectivity index (χ0) is 14.0. The zero-order valence-corrected chi connectivity index (χ0v) is 13.2. The first kappa shape index (κ1) is 12.9. The Bertz CT molecular complexity index is 689. The van der Waals surface area contributed by atoms with Gasteiger partial charge in [0, 0.05) is 6.54 Å². The van der Waals surface area contributed by atoms with Crippen LogP contribution >= 0.6 is 12.2 Å². The van der Waals surface area contributed by atoms with Crippen molar-refractivity contribution in [2.45, 2.75) is 41.2 Å². The number of fused-ring (bicyclic) bond motifs is 1.